The molecule has 3 rings (SSSR count). The number of fused-ring (bicyclic) bond motifs is 1. The summed E-state index contributed by atoms with van der Waals surface area (Å²) in [5, 5.41) is 7.33. The monoisotopic (exact) mass is 420 g/mol. The molecule has 0 saturated heterocycles. The molecule has 1 amide bonds. The van der Waals surface area contributed by atoms with Crippen molar-refractivity contribution >= 4 is 43.1 Å². The van der Waals surface area contributed by atoms with Crippen molar-refractivity contribution in [1.82, 2.24) is 10.6 Å². The highest BCUT2D eigenvalue weighted by Crippen LogP contribution is 2.27. The van der Waals surface area contributed by atoms with E-state index in [-0.39, 0.29) is 11.6 Å². The maximum Gasteiger partial charge on any atom is 0.241 e. The van der Waals surface area contributed by atoms with E-state index in [4.69, 9.17) is 23.2 Å². The van der Waals surface area contributed by atoms with Crippen LogP contribution in [0.5, 0.6) is 0 Å². The minimum absolute atomic E-state index is 0.104. The first kappa shape index (κ1) is 20.1. The SMILES string of the molecule is C[Si](C)(C=O)C(Cc1ccc(Cl)c(Cl)c1)NC(=O)C1NCc2ccccc21. The second-order valence-corrected chi connectivity index (χ2v) is 12.9. The fourth-order valence-electron chi connectivity index (χ4n) is 3.27. The van der Waals surface area contributed by atoms with Crippen LogP contribution in [-0.2, 0) is 22.6 Å². The van der Waals surface area contributed by atoms with Gasteiger partial charge >= 0.3 is 0 Å². The first-order valence-corrected chi connectivity index (χ1v) is 12.7. The normalized spacial score (nSPS) is 17.3. The second-order valence-electron chi connectivity index (χ2n) is 7.47. The highest BCUT2D eigenvalue weighted by molar-refractivity contribution is 7.00. The molecule has 0 spiro atoms. The molecule has 0 bridgehead atoms. The molecule has 0 radical (unpaired) electrons. The van der Waals surface area contributed by atoms with Crippen molar-refractivity contribution < 1.29 is 9.59 Å². The quantitative estimate of drug-likeness (QED) is 0.550. The molecule has 2 atom stereocenters. The van der Waals surface area contributed by atoms with Gasteiger partial charge in [-0.2, -0.15) is 0 Å². The molecule has 27 heavy (non-hydrogen) atoms. The third-order valence-corrected chi connectivity index (χ3v) is 8.56. The summed E-state index contributed by atoms with van der Waals surface area (Å²) in [5.74, 6) is 0.915. The minimum Gasteiger partial charge on any atom is -0.354 e. The molecule has 1 heterocycles. The maximum absolute atomic E-state index is 13.0. The largest absolute Gasteiger partial charge is 0.354 e. The van der Waals surface area contributed by atoms with E-state index in [1.165, 1.54) is 0 Å². The number of hydrogen-bond acceptors (Lipinski definition) is 3. The number of carbonyl (C=O) groups is 2. The molecule has 2 aromatic carbocycles. The number of hydrogen-bond donors (Lipinski definition) is 2. The molecule has 2 unspecified atom stereocenters. The predicted molar refractivity (Wildman–Crippen MR) is 112 cm³/mol. The van der Waals surface area contributed by atoms with Gasteiger partial charge in [0.25, 0.3) is 0 Å². The zero-order chi connectivity index (χ0) is 19.6. The Kier molecular flexibility index (Phi) is 6.06. The summed E-state index contributed by atoms with van der Waals surface area (Å²) in [5.41, 5.74) is 2.82. The standard InChI is InChI=1S/C20H22Cl2N2O2Si/c1-27(2,12-25)18(10-13-7-8-16(21)17(22)9-13)24-20(26)19-15-6-4-3-5-14(15)11-23-19/h3-9,12,18-19,23H,10-11H2,1-2H3,(H,24,26). The molecule has 7 heteroatoms. The molecule has 1 aliphatic heterocycles. The highest BCUT2D eigenvalue weighted by atomic mass is 35.5. The van der Waals surface area contributed by atoms with E-state index in [9.17, 15) is 9.59 Å². The van der Waals surface area contributed by atoms with E-state index in [0.29, 0.717) is 23.0 Å². The van der Waals surface area contributed by atoms with Gasteiger partial charge in [-0.15, -0.1) is 0 Å². The molecule has 2 aromatic rings. The molecule has 0 aromatic heterocycles. The smallest absolute Gasteiger partial charge is 0.241 e. The lowest BCUT2D eigenvalue weighted by Crippen LogP contribution is -2.56. The van der Waals surface area contributed by atoms with Gasteiger partial charge in [-0.05, 0) is 35.2 Å². The molecule has 0 saturated carbocycles. The second kappa shape index (κ2) is 8.15. The van der Waals surface area contributed by atoms with E-state index < -0.39 is 14.1 Å². The van der Waals surface area contributed by atoms with E-state index in [0.717, 1.165) is 22.6 Å². The number of nitrogens with one attached hydrogen (secondary N) is 2. The van der Waals surface area contributed by atoms with Crippen LogP contribution in [0.4, 0.5) is 0 Å². The van der Waals surface area contributed by atoms with Gasteiger partial charge in [0.2, 0.25) is 5.91 Å². The van der Waals surface area contributed by atoms with Gasteiger partial charge in [0, 0.05) is 12.2 Å². The van der Waals surface area contributed by atoms with Crippen LogP contribution in [0.1, 0.15) is 22.7 Å². The first-order valence-electron chi connectivity index (χ1n) is 8.83. The Morgan fingerprint density at radius 3 is 2.70 bits per heavy atom. The van der Waals surface area contributed by atoms with Crippen molar-refractivity contribution in [3.8, 4) is 0 Å². The summed E-state index contributed by atoms with van der Waals surface area (Å²) in [6.07, 6.45) is 0.537. The molecule has 142 valence electrons. The summed E-state index contributed by atoms with van der Waals surface area (Å²) in [4.78, 5) is 24.7. The maximum atomic E-state index is 13.0. The number of amides is 1. The van der Waals surface area contributed by atoms with Crippen LogP contribution in [0.2, 0.25) is 23.1 Å². The Labute approximate surface area is 170 Å². The first-order chi connectivity index (χ1) is 12.8. The number of rotatable bonds is 6. The van der Waals surface area contributed by atoms with Crippen LogP contribution in [0, 0.1) is 0 Å². The van der Waals surface area contributed by atoms with E-state index >= 15 is 0 Å². The Morgan fingerprint density at radius 1 is 1.26 bits per heavy atom. The fraction of sp³-hybridized carbons (Fsp3) is 0.300. The van der Waals surface area contributed by atoms with Crippen molar-refractivity contribution in [3.63, 3.8) is 0 Å². The third kappa shape index (κ3) is 4.43. The number of carbonyl (C=O) groups excluding carboxylic acids is 2. The van der Waals surface area contributed by atoms with Gasteiger partial charge in [-0.25, -0.2) is 0 Å². The average Bonchev–Trinajstić information content (AvgIpc) is 3.08. The Morgan fingerprint density at radius 2 is 2.00 bits per heavy atom. The van der Waals surface area contributed by atoms with E-state index in [1.807, 2.05) is 43.4 Å². The fourth-order valence-corrected chi connectivity index (χ4v) is 5.03. The lowest BCUT2D eigenvalue weighted by atomic mass is 10.0. The Hall–Kier alpha value is -1.66. The summed E-state index contributed by atoms with van der Waals surface area (Å²) < 4.78 is 0. The summed E-state index contributed by atoms with van der Waals surface area (Å²) in [7, 11) is -2.34. The molecule has 0 aliphatic carbocycles. The van der Waals surface area contributed by atoms with Crippen molar-refractivity contribution in [3.05, 3.63) is 69.2 Å². The van der Waals surface area contributed by atoms with Gasteiger partial charge in [-0.1, -0.05) is 66.6 Å². The van der Waals surface area contributed by atoms with Crippen LogP contribution >= 0.6 is 23.2 Å². The van der Waals surface area contributed by atoms with Gasteiger partial charge in [0.1, 0.15) is 20.0 Å². The average molecular weight is 421 g/mol. The molecule has 4 nitrogen and oxygen atoms in total. The van der Waals surface area contributed by atoms with Crippen molar-refractivity contribution in [1.29, 1.82) is 0 Å². The summed E-state index contributed by atoms with van der Waals surface area (Å²) >= 11 is 12.1. The van der Waals surface area contributed by atoms with E-state index in [1.54, 1.807) is 12.1 Å². The van der Waals surface area contributed by atoms with Crippen LogP contribution in [0.3, 0.4) is 0 Å². The molecule has 2 N–H and O–H groups in total. The van der Waals surface area contributed by atoms with Crippen molar-refractivity contribution in [2.75, 3.05) is 0 Å². The predicted octanol–water partition coefficient (Wildman–Crippen LogP) is 3.88. The Balaban J connectivity index is 1.81. The molecular formula is C20H22Cl2N2O2Si. The van der Waals surface area contributed by atoms with E-state index in [2.05, 4.69) is 10.6 Å². The van der Waals surface area contributed by atoms with Gasteiger partial charge < -0.3 is 10.1 Å². The van der Waals surface area contributed by atoms with Crippen LogP contribution in [0.15, 0.2) is 42.5 Å². The third-order valence-electron chi connectivity index (χ3n) is 5.07. The van der Waals surface area contributed by atoms with Gasteiger partial charge in [0.15, 0.2) is 0 Å². The molecular weight excluding hydrogens is 399 g/mol. The highest BCUT2D eigenvalue weighted by Gasteiger charge is 2.36. The van der Waals surface area contributed by atoms with Crippen molar-refractivity contribution in [2.24, 2.45) is 0 Å². The minimum atomic E-state index is -2.34. The van der Waals surface area contributed by atoms with Crippen LogP contribution < -0.4 is 10.6 Å². The number of halogens is 2. The zero-order valence-corrected chi connectivity index (χ0v) is 17.8. The Bertz CT molecular complexity index is 873. The van der Waals surface area contributed by atoms with Gasteiger partial charge in [0.05, 0.1) is 10.0 Å². The summed E-state index contributed by atoms with van der Waals surface area (Å²) in [6.45, 7) is 4.58. The van der Waals surface area contributed by atoms with Crippen LogP contribution in [0.25, 0.3) is 0 Å². The van der Waals surface area contributed by atoms with Crippen LogP contribution in [-0.4, -0.2) is 25.6 Å². The lowest BCUT2D eigenvalue weighted by molar-refractivity contribution is -0.123. The zero-order valence-electron chi connectivity index (χ0n) is 15.3. The topological polar surface area (TPSA) is 58.2 Å². The lowest BCUT2D eigenvalue weighted by Gasteiger charge is -2.30. The molecule has 1 aliphatic rings. The molecule has 0 fully saturated rings. The summed E-state index contributed by atoms with van der Waals surface area (Å²) in [6, 6.07) is 12.9. The number of benzene rings is 2. The van der Waals surface area contributed by atoms with Gasteiger partial charge in [-0.3, -0.25) is 10.1 Å². The van der Waals surface area contributed by atoms with Crippen molar-refractivity contribution in [2.45, 2.75) is 37.8 Å².